The molecule has 7 nitrogen and oxygen atoms in total. The van der Waals surface area contributed by atoms with Gasteiger partial charge in [-0.3, -0.25) is 14.3 Å². The number of benzene rings is 1. The summed E-state index contributed by atoms with van der Waals surface area (Å²) in [5.74, 6) is 1.25. The molecule has 1 fully saturated rings. The highest BCUT2D eigenvalue weighted by molar-refractivity contribution is 7.18. The van der Waals surface area contributed by atoms with E-state index in [9.17, 15) is 9.59 Å². The van der Waals surface area contributed by atoms with Gasteiger partial charge >= 0.3 is 6.09 Å². The van der Waals surface area contributed by atoms with Crippen LogP contribution in [0, 0.1) is 0 Å². The molecule has 0 bridgehead atoms. The summed E-state index contributed by atoms with van der Waals surface area (Å²) >= 11 is 1.39. The number of carbonyl (C=O) groups excluding carboxylic acids is 1. The molecule has 2 aromatic heterocycles. The van der Waals surface area contributed by atoms with Crippen molar-refractivity contribution in [1.82, 2.24) is 19.4 Å². The number of rotatable bonds is 3. The molecule has 0 saturated carbocycles. The molecular formula is C19H20N4O3S. The van der Waals surface area contributed by atoms with E-state index in [2.05, 4.69) is 9.97 Å². The fourth-order valence-corrected chi connectivity index (χ4v) is 4.46. The van der Waals surface area contributed by atoms with Crippen molar-refractivity contribution in [2.45, 2.75) is 32.2 Å². The van der Waals surface area contributed by atoms with Crippen LogP contribution in [0.25, 0.3) is 10.3 Å². The average molecular weight is 384 g/mol. The minimum absolute atomic E-state index is 0.143. The fourth-order valence-electron chi connectivity index (χ4n) is 3.36. The first-order valence-corrected chi connectivity index (χ1v) is 9.80. The zero-order valence-corrected chi connectivity index (χ0v) is 16.0. The lowest BCUT2D eigenvalue weighted by Crippen LogP contribution is -2.33. The summed E-state index contributed by atoms with van der Waals surface area (Å²) in [5.41, 5.74) is 0.230. The van der Waals surface area contributed by atoms with E-state index in [-0.39, 0.29) is 11.6 Å². The van der Waals surface area contributed by atoms with E-state index < -0.39 is 6.09 Å². The van der Waals surface area contributed by atoms with Gasteiger partial charge in [-0.25, -0.2) is 14.8 Å². The summed E-state index contributed by atoms with van der Waals surface area (Å²) in [4.78, 5) is 36.6. The van der Waals surface area contributed by atoms with Crippen molar-refractivity contribution in [2.24, 2.45) is 7.05 Å². The standard InChI is InChI=1S/C19H20N4O3S/c1-3-14-20-17-15(18(24)22(14)2)21-16(27-17)13-10-7-11-23(13)19(25)26-12-8-5-4-6-9-12/h4-6,8-9,13H,3,7,10-11H2,1-2H3/t13-/m1/s1. The summed E-state index contributed by atoms with van der Waals surface area (Å²) in [6.07, 6.45) is 1.95. The molecule has 3 aromatic rings. The average Bonchev–Trinajstić information content (AvgIpc) is 3.32. The largest absolute Gasteiger partial charge is 0.415 e. The molecule has 0 spiro atoms. The Morgan fingerprint density at radius 2 is 2.07 bits per heavy atom. The number of hydrogen-bond donors (Lipinski definition) is 0. The zero-order chi connectivity index (χ0) is 19.0. The van der Waals surface area contributed by atoms with E-state index in [1.807, 2.05) is 25.1 Å². The SMILES string of the molecule is CCc1nc2sc([C@H]3CCCN3C(=O)Oc3ccccc3)nc2c(=O)n1C. The highest BCUT2D eigenvalue weighted by atomic mass is 32.1. The minimum atomic E-state index is -0.391. The van der Waals surface area contributed by atoms with Gasteiger partial charge in [-0.15, -0.1) is 0 Å². The maximum atomic E-state index is 12.6. The Labute approximate surface area is 160 Å². The Morgan fingerprint density at radius 3 is 2.81 bits per heavy atom. The lowest BCUT2D eigenvalue weighted by atomic mass is 10.2. The van der Waals surface area contributed by atoms with Crippen LogP contribution in [-0.4, -0.2) is 32.1 Å². The number of thiazole rings is 1. The first kappa shape index (κ1) is 17.7. The number of para-hydroxylation sites is 1. The third-order valence-corrected chi connectivity index (χ3v) is 5.84. The summed E-state index contributed by atoms with van der Waals surface area (Å²) in [7, 11) is 1.71. The number of carbonyl (C=O) groups is 1. The number of hydrogen-bond acceptors (Lipinski definition) is 6. The number of nitrogens with zero attached hydrogens (tertiary/aromatic N) is 4. The smallest absolute Gasteiger partial charge is 0.410 e. The summed E-state index contributed by atoms with van der Waals surface area (Å²) in [6.45, 7) is 2.58. The van der Waals surface area contributed by atoms with E-state index in [1.165, 1.54) is 11.3 Å². The Hall–Kier alpha value is -2.74. The molecule has 1 aromatic carbocycles. The normalized spacial score (nSPS) is 16.8. The van der Waals surface area contributed by atoms with Gasteiger partial charge in [-0.05, 0) is 25.0 Å². The number of aromatic nitrogens is 3. The molecule has 1 saturated heterocycles. The lowest BCUT2D eigenvalue weighted by Gasteiger charge is -2.22. The van der Waals surface area contributed by atoms with Crippen molar-refractivity contribution in [1.29, 1.82) is 0 Å². The van der Waals surface area contributed by atoms with E-state index >= 15 is 0 Å². The molecule has 0 radical (unpaired) electrons. The van der Waals surface area contributed by atoms with Gasteiger partial charge in [0, 0.05) is 20.0 Å². The lowest BCUT2D eigenvalue weighted by molar-refractivity contribution is 0.147. The molecule has 0 unspecified atom stereocenters. The van der Waals surface area contributed by atoms with Crippen molar-refractivity contribution in [3.8, 4) is 5.75 Å². The van der Waals surface area contributed by atoms with Gasteiger partial charge in [0.25, 0.3) is 5.56 Å². The van der Waals surface area contributed by atoms with Gasteiger partial charge in [0.05, 0.1) is 6.04 Å². The third-order valence-electron chi connectivity index (χ3n) is 4.79. The quantitative estimate of drug-likeness (QED) is 0.692. The molecular weight excluding hydrogens is 364 g/mol. The fraction of sp³-hybridized carbons (Fsp3) is 0.368. The van der Waals surface area contributed by atoms with E-state index in [0.717, 1.165) is 23.7 Å². The van der Waals surface area contributed by atoms with Gasteiger partial charge < -0.3 is 4.74 Å². The Bertz CT molecular complexity index is 1040. The van der Waals surface area contributed by atoms with Crippen LogP contribution in [0.2, 0.25) is 0 Å². The second-order valence-corrected chi connectivity index (χ2v) is 7.49. The maximum Gasteiger partial charge on any atom is 0.415 e. The van der Waals surface area contributed by atoms with E-state index in [4.69, 9.17) is 4.74 Å². The van der Waals surface area contributed by atoms with Crippen molar-refractivity contribution in [2.75, 3.05) is 6.54 Å². The maximum absolute atomic E-state index is 12.6. The Kier molecular flexibility index (Phi) is 4.65. The van der Waals surface area contributed by atoms with Crippen molar-refractivity contribution in [3.63, 3.8) is 0 Å². The summed E-state index contributed by atoms with van der Waals surface area (Å²) in [6, 6.07) is 8.83. The van der Waals surface area contributed by atoms with Crippen LogP contribution >= 0.6 is 11.3 Å². The van der Waals surface area contributed by atoms with Gasteiger partial charge in [-0.1, -0.05) is 36.5 Å². The van der Waals surface area contributed by atoms with E-state index in [1.54, 1.807) is 28.6 Å². The first-order chi connectivity index (χ1) is 13.1. The van der Waals surface area contributed by atoms with Crippen LogP contribution in [0.4, 0.5) is 4.79 Å². The van der Waals surface area contributed by atoms with Crippen LogP contribution in [0.3, 0.4) is 0 Å². The second-order valence-electron chi connectivity index (χ2n) is 6.48. The van der Waals surface area contributed by atoms with Crippen molar-refractivity contribution < 1.29 is 9.53 Å². The van der Waals surface area contributed by atoms with Gasteiger partial charge in [0.2, 0.25) is 0 Å². The zero-order valence-electron chi connectivity index (χ0n) is 15.2. The van der Waals surface area contributed by atoms with Crippen molar-refractivity contribution in [3.05, 3.63) is 51.5 Å². The molecule has 3 heterocycles. The molecule has 1 atom stereocenters. The molecule has 140 valence electrons. The molecule has 4 rings (SSSR count). The summed E-state index contributed by atoms with van der Waals surface area (Å²) in [5, 5.41) is 0.741. The third kappa shape index (κ3) is 3.21. The van der Waals surface area contributed by atoms with Gasteiger partial charge in [0.1, 0.15) is 16.6 Å². The van der Waals surface area contributed by atoms with Crippen LogP contribution in [-0.2, 0) is 13.5 Å². The number of amides is 1. The number of ether oxygens (including phenoxy) is 1. The Balaban J connectivity index is 1.65. The molecule has 27 heavy (non-hydrogen) atoms. The molecule has 0 N–H and O–H groups in total. The minimum Gasteiger partial charge on any atom is -0.410 e. The second kappa shape index (κ2) is 7.11. The summed E-state index contributed by atoms with van der Waals surface area (Å²) < 4.78 is 7.03. The van der Waals surface area contributed by atoms with Gasteiger partial charge in [0.15, 0.2) is 10.3 Å². The molecule has 0 aliphatic carbocycles. The highest BCUT2D eigenvalue weighted by Gasteiger charge is 2.34. The predicted molar refractivity (Wildman–Crippen MR) is 103 cm³/mol. The van der Waals surface area contributed by atoms with Gasteiger partial charge in [-0.2, -0.15) is 0 Å². The van der Waals surface area contributed by atoms with Crippen LogP contribution in [0.5, 0.6) is 5.75 Å². The van der Waals surface area contributed by atoms with Crippen LogP contribution in [0.15, 0.2) is 35.1 Å². The monoisotopic (exact) mass is 384 g/mol. The molecule has 1 aliphatic heterocycles. The highest BCUT2D eigenvalue weighted by Crippen LogP contribution is 2.36. The van der Waals surface area contributed by atoms with Crippen molar-refractivity contribution >= 4 is 27.8 Å². The van der Waals surface area contributed by atoms with Crippen LogP contribution < -0.4 is 10.3 Å². The number of fused-ring (bicyclic) bond motifs is 1. The predicted octanol–water partition coefficient (Wildman–Crippen LogP) is 3.29. The first-order valence-electron chi connectivity index (χ1n) is 8.98. The number of aryl methyl sites for hydroxylation is 1. The Morgan fingerprint density at radius 1 is 1.30 bits per heavy atom. The van der Waals surface area contributed by atoms with Crippen LogP contribution in [0.1, 0.15) is 36.6 Å². The molecule has 8 heteroatoms. The molecule has 1 amide bonds. The van der Waals surface area contributed by atoms with E-state index in [0.29, 0.717) is 29.1 Å². The number of likely N-dealkylation sites (tertiary alicyclic amines) is 1. The molecule has 1 aliphatic rings. The topological polar surface area (TPSA) is 77.3 Å².